The summed E-state index contributed by atoms with van der Waals surface area (Å²) in [6.07, 6.45) is 0. The van der Waals surface area contributed by atoms with Crippen LogP contribution in [0.1, 0.15) is 0 Å². The van der Waals surface area contributed by atoms with Crippen molar-refractivity contribution in [3.05, 3.63) is 53.6 Å². The van der Waals surface area contributed by atoms with Gasteiger partial charge < -0.3 is 14.8 Å². The molecule has 8 heteroatoms. The molecular weight excluding hydrogens is 366 g/mol. The predicted octanol–water partition coefficient (Wildman–Crippen LogP) is 3.89. The highest BCUT2D eigenvalue weighted by Gasteiger charge is 2.13. The first-order valence-corrected chi connectivity index (χ1v) is 8.22. The maximum absolute atomic E-state index is 12.4. The third-order valence-electron chi connectivity index (χ3n) is 3.33. The molecule has 0 heterocycles. The highest BCUT2D eigenvalue weighted by Crippen LogP contribution is 2.25. The Kier molecular flexibility index (Phi) is 7.62. The number of nitrogens with zero attached hydrogens (tertiary/aromatic N) is 1. The number of hydrogen-bond acceptors (Lipinski definition) is 4. The lowest BCUT2D eigenvalue weighted by Gasteiger charge is -2.17. The van der Waals surface area contributed by atoms with Crippen LogP contribution in [0, 0.1) is 0 Å². The van der Waals surface area contributed by atoms with Crippen molar-refractivity contribution in [1.82, 2.24) is 4.90 Å². The van der Waals surface area contributed by atoms with Crippen LogP contribution in [0.5, 0.6) is 11.5 Å². The number of nitrogens with one attached hydrogen (secondary N) is 1. The maximum Gasteiger partial charge on any atom is 0.387 e. The van der Waals surface area contributed by atoms with Crippen LogP contribution in [0.3, 0.4) is 0 Å². The van der Waals surface area contributed by atoms with Gasteiger partial charge in [0.25, 0.3) is 0 Å². The van der Waals surface area contributed by atoms with Crippen LogP contribution in [-0.2, 0) is 4.79 Å². The van der Waals surface area contributed by atoms with Gasteiger partial charge in [-0.3, -0.25) is 9.69 Å². The van der Waals surface area contributed by atoms with E-state index < -0.39 is 6.61 Å². The number of alkyl halides is 2. The van der Waals surface area contributed by atoms with Crippen molar-refractivity contribution in [3.63, 3.8) is 0 Å². The van der Waals surface area contributed by atoms with Crippen molar-refractivity contribution in [2.24, 2.45) is 0 Å². The summed E-state index contributed by atoms with van der Waals surface area (Å²) >= 11 is 5.88. The van der Waals surface area contributed by atoms with Gasteiger partial charge in [0.15, 0.2) is 0 Å². The summed E-state index contributed by atoms with van der Waals surface area (Å²) in [4.78, 5) is 13.8. The fourth-order valence-electron chi connectivity index (χ4n) is 2.16. The van der Waals surface area contributed by atoms with Crippen molar-refractivity contribution in [2.45, 2.75) is 6.61 Å². The van der Waals surface area contributed by atoms with Crippen molar-refractivity contribution < 1.29 is 23.0 Å². The number of benzene rings is 2. The Morgan fingerprint density at radius 3 is 2.73 bits per heavy atom. The molecule has 140 valence electrons. The second-order valence-corrected chi connectivity index (χ2v) is 5.90. The smallest absolute Gasteiger partial charge is 0.387 e. The Balaban J connectivity index is 1.78. The number of likely N-dealkylation sites (N-methyl/N-ethyl adjacent to an activating group) is 1. The van der Waals surface area contributed by atoms with Crippen LogP contribution in [0.4, 0.5) is 14.5 Å². The van der Waals surface area contributed by atoms with Gasteiger partial charge in [-0.1, -0.05) is 29.8 Å². The van der Waals surface area contributed by atoms with Crippen molar-refractivity contribution in [1.29, 1.82) is 0 Å². The van der Waals surface area contributed by atoms with E-state index in [2.05, 4.69) is 10.1 Å². The third kappa shape index (κ3) is 6.85. The molecule has 0 spiro atoms. The highest BCUT2D eigenvalue weighted by molar-refractivity contribution is 6.30. The predicted molar refractivity (Wildman–Crippen MR) is 96.1 cm³/mol. The molecule has 2 aromatic rings. The van der Waals surface area contributed by atoms with Gasteiger partial charge >= 0.3 is 6.61 Å². The zero-order valence-electron chi connectivity index (χ0n) is 14.1. The Morgan fingerprint density at radius 2 is 2.00 bits per heavy atom. The summed E-state index contributed by atoms with van der Waals surface area (Å²) in [6, 6.07) is 13.1. The minimum absolute atomic E-state index is 0.0713. The number of anilines is 1. The van der Waals surface area contributed by atoms with Crippen LogP contribution in [0.25, 0.3) is 0 Å². The minimum Gasteiger partial charge on any atom is -0.492 e. The first-order valence-electron chi connectivity index (χ1n) is 7.84. The molecule has 1 amide bonds. The molecule has 0 aliphatic carbocycles. The van der Waals surface area contributed by atoms with E-state index in [1.165, 1.54) is 12.1 Å². The molecule has 0 aliphatic rings. The van der Waals surface area contributed by atoms with Gasteiger partial charge in [-0.25, -0.2) is 0 Å². The summed E-state index contributed by atoms with van der Waals surface area (Å²) in [7, 11) is 1.75. The number of amides is 1. The number of rotatable bonds is 9. The Labute approximate surface area is 155 Å². The molecule has 0 bridgehead atoms. The van der Waals surface area contributed by atoms with Crippen LogP contribution in [0.15, 0.2) is 48.5 Å². The highest BCUT2D eigenvalue weighted by atomic mass is 35.5. The first-order chi connectivity index (χ1) is 12.4. The maximum atomic E-state index is 12.4. The van der Waals surface area contributed by atoms with Crippen molar-refractivity contribution in [3.8, 4) is 11.5 Å². The molecule has 0 aliphatic heterocycles. The first kappa shape index (κ1) is 19.9. The van der Waals surface area contributed by atoms with Crippen LogP contribution < -0.4 is 14.8 Å². The zero-order valence-corrected chi connectivity index (χ0v) is 14.9. The average molecular weight is 385 g/mol. The molecule has 0 radical (unpaired) electrons. The number of hydrogen-bond donors (Lipinski definition) is 1. The molecule has 0 aromatic heterocycles. The lowest BCUT2D eigenvalue weighted by molar-refractivity contribution is -0.117. The van der Waals surface area contributed by atoms with Gasteiger partial charge in [0.05, 0.1) is 12.2 Å². The van der Waals surface area contributed by atoms with E-state index in [-0.39, 0.29) is 23.9 Å². The molecule has 1 N–H and O–H groups in total. The SMILES string of the molecule is CN(CCOc1cccc(Cl)c1)CC(=O)Nc1ccccc1OC(F)F. The normalized spacial score (nSPS) is 10.8. The minimum atomic E-state index is -2.96. The van der Waals surface area contributed by atoms with Gasteiger partial charge in [-0.15, -0.1) is 0 Å². The van der Waals surface area contributed by atoms with E-state index >= 15 is 0 Å². The second kappa shape index (κ2) is 9.94. The molecule has 0 unspecified atom stereocenters. The third-order valence-corrected chi connectivity index (χ3v) is 3.56. The molecule has 2 aromatic carbocycles. The lowest BCUT2D eigenvalue weighted by Crippen LogP contribution is -2.33. The summed E-state index contributed by atoms with van der Waals surface area (Å²) in [6.45, 7) is -2.02. The summed E-state index contributed by atoms with van der Waals surface area (Å²) in [5, 5.41) is 3.15. The van der Waals surface area contributed by atoms with E-state index in [9.17, 15) is 13.6 Å². The fraction of sp³-hybridized carbons (Fsp3) is 0.278. The summed E-state index contributed by atoms with van der Waals surface area (Å²) < 4.78 is 34.7. The van der Waals surface area contributed by atoms with Gasteiger partial charge in [-0.2, -0.15) is 8.78 Å². The Hall–Kier alpha value is -2.38. The Morgan fingerprint density at radius 1 is 1.23 bits per heavy atom. The molecule has 0 saturated heterocycles. The second-order valence-electron chi connectivity index (χ2n) is 5.47. The lowest BCUT2D eigenvalue weighted by atomic mass is 10.3. The summed E-state index contributed by atoms with van der Waals surface area (Å²) in [5.41, 5.74) is 0.196. The fourth-order valence-corrected chi connectivity index (χ4v) is 2.34. The van der Waals surface area contributed by atoms with E-state index in [4.69, 9.17) is 16.3 Å². The van der Waals surface area contributed by atoms with E-state index in [0.717, 1.165) is 0 Å². The Bertz CT molecular complexity index is 731. The topological polar surface area (TPSA) is 50.8 Å². The summed E-state index contributed by atoms with van der Waals surface area (Å²) in [5.74, 6) is 0.219. The largest absolute Gasteiger partial charge is 0.492 e. The van der Waals surface area contributed by atoms with Gasteiger partial charge in [0.1, 0.15) is 18.1 Å². The van der Waals surface area contributed by atoms with Gasteiger partial charge in [0.2, 0.25) is 5.91 Å². The molecule has 0 fully saturated rings. The number of para-hydroxylation sites is 2. The standard InChI is InChI=1S/C18H19ClF2N2O3/c1-23(9-10-25-14-6-4-5-13(19)11-14)12-17(24)22-15-7-2-3-8-16(15)26-18(20)21/h2-8,11,18H,9-10,12H2,1H3,(H,22,24). The zero-order chi connectivity index (χ0) is 18.9. The quantitative estimate of drug-likeness (QED) is 0.712. The molecule has 2 rings (SSSR count). The molecular formula is C18H19ClF2N2O3. The number of carbonyl (C=O) groups excluding carboxylic acids is 1. The van der Waals surface area contributed by atoms with Crippen LogP contribution >= 0.6 is 11.6 Å². The molecule has 0 atom stereocenters. The van der Waals surface area contributed by atoms with Crippen molar-refractivity contribution >= 4 is 23.2 Å². The van der Waals surface area contributed by atoms with Gasteiger partial charge in [-0.05, 0) is 37.4 Å². The average Bonchev–Trinajstić information content (AvgIpc) is 2.56. The van der Waals surface area contributed by atoms with Crippen LogP contribution in [-0.4, -0.2) is 44.2 Å². The number of ether oxygens (including phenoxy) is 2. The van der Waals surface area contributed by atoms with Crippen LogP contribution in [0.2, 0.25) is 5.02 Å². The van der Waals surface area contributed by atoms with E-state index in [1.54, 1.807) is 48.3 Å². The van der Waals surface area contributed by atoms with E-state index in [1.807, 2.05) is 0 Å². The van der Waals surface area contributed by atoms with Gasteiger partial charge in [0, 0.05) is 11.6 Å². The van der Waals surface area contributed by atoms with Crippen molar-refractivity contribution in [2.75, 3.05) is 32.1 Å². The molecule has 26 heavy (non-hydrogen) atoms. The molecule has 0 saturated carbocycles. The monoisotopic (exact) mass is 384 g/mol. The van der Waals surface area contributed by atoms with E-state index in [0.29, 0.717) is 23.9 Å². The number of carbonyl (C=O) groups is 1. The molecule has 5 nitrogen and oxygen atoms in total. The number of halogens is 3.